The molecule has 2 amide bonds. The van der Waals surface area contributed by atoms with Crippen LogP contribution in [0.1, 0.15) is 31.2 Å². The van der Waals surface area contributed by atoms with Crippen LogP contribution >= 0.6 is 0 Å². The minimum Gasteiger partial charge on any atom is -0.496 e. The second-order valence-corrected chi connectivity index (χ2v) is 7.56. The SMILES string of the molecule is COc1cccc(OC)c1CC(=O)N1CCCC(CNC(=O)C2CCCN2)C1. The normalized spacial score (nSPS) is 22.0. The summed E-state index contributed by atoms with van der Waals surface area (Å²) in [5.41, 5.74) is 0.778. The summed E-state index contributed by atoms with van der Waals surface area (Å²) in [6.45, 7) is 2.97. The molecular formula is C21H31N3O4. The molecule has 2 fully saturated rings. The number of piperidine rings is 1. The van der Waals surface area contributed by atoms with Crippen molar-refractivity contribution in [3.63, 3.8) is 0 Å². The predicted octanol–water partition coefficient (Wildman–Crippen LogP) is 1.35. The lowest BCUT2D eigenvalue weighted by Gasteiger charge is -2.33. The van der Waals surface area contributed by atoms with Crippen molar-refractivity contribution in [1.29, 1.82) is 0 Å². The lowest BCUT2D eigenvalue weighted by Crippen LogP contribution is -2.47. The number of amides is 2. The average molecular weight is 389 g/mol. The van der Waals surface area contributed by atoms with Gasteiger partial charge in [-0.2, -0.15) is 0 Å². The average Bonchev–Trinajstić information content (AvgIpc) is 3.27. The fourth-order valence-corrected chi connectivity index (χ4v) is 4.10. The molecule has 2 saturated heterocycles. The van der Waals surface area contributed by atoms with Gasteiger partial charge in [0.1, 0.15) is 11.5 Å². The fraction of sp³-hybridized carbons (Fsp3) is 0.619. The summed E-state index contributed by atoms with van der Waals surface area (Å²) in [6, 6.07) is 5.48. The molecule has 154 valence electrons. The number of carbonyl (C=O) groups is 2. The van der Waals surface area contributed by atoms with Gasteiger partial charge >= 0.3 is 0 Å². The second-order valence-electron chi connectivity index (χ2n) is 7.56. The van der Waals surface area contributed by atoms with Gasteiger partial charge in [-0.15, -0.1) is 0 Å². The van der Waals surface area contributed by atoms with Gasteiger partial charge in [-0.1, -0.05) is 6.07 Å². The van der Waals surface area contributed by atoms with E-state index in [9.17, 15) is 9.59 Å². The highest BCUT2D eigenvalue weighted by molar-refractivity contribution is 5.82. The Kier molecular flexibility index (Phi) is 7.14. The van der Waals surface area contributed by atoms with E-state index in [0.717, 1.165) is 44.3 Å². The maximum Gasteiger partial charge on any atom is 0.237 e. The predicted molar refractivity (Wildman–Crippen MR) is 107 cm³/mol. The number of benzene rings is 1. The van der Waals surface area contributed by atoms with E-state index in [1.54, 1.807) is 14.2 Å². The first-order valence-electron chi connectivity index (χ1n) is 10.1. The van der Waals surface area contributed by atoms with Crippen LogP contribution in [0.25, 0.3) is 0 Å². The lowest BCUT2D eigenvalue weighted by molar-refractivity contribution is -0.132. The largest absolute Gasteiger partial charge is 0.496 e. The summed E-state index contributed by atoms with van der Waals surface area (Å²) in [4.78, 5) is 27.0. The van der Waals surface area contributed by atoms with Crippen molar-refractivity contribution in [1.82, 2.24) is 15.5 Å². The van der Waals surface area contributed by atoms with E-state index in [-0.39, 0.29) is 24.3 Å². The third-order valence-electron chi connectivity index (χ3n) is 5.67. The maximum atomic E-state index is 12.9. The molecule has 2 heterocycles. The van der Waals surface area contributed by atoms with E-state index in [0.29, 0.717) is 30.5 Å². The van der Waals surface area contributed by atoms with Gasteiger partial charge in [0, 0.05) is 25.2 Å². The molecule has 2 atom stereocenters. The molecule has 7 heteroatoms. The van der Waals surface area contributed by atoms with Crippen molar-refractivity contribution in [3.8, 4) is 11.5 Å². The number of nitrogens with one attached hydrogen (secondary N) is 2. The summed E-state index contributed by atoms with van der Waals surface area (Å²) >= 11 is 0. The van der Waals surface area contributed by atoms with E-state index in [1.165, 1.54) is 0 Å². The smallest absolute Gasteiger partial charge is 0.237 e. The summed E-state index contributed by atoms with van der Waals surface area (Å²) in [5, 5.41) is 6.28. The van der Waals surface area contributed by atoms with Crippen LogP contribution in [0.3, 0.4) is 0 Å². The molecule has 0 radical (unpaired) electrons. The highest BCUT2D eigenvalue weighted by Gasteiger charge is 2.27. The van der Waals surface area contributed by atoms with Crippen molar-refractivity contribution >= 4 is 11.8 Å². The zero-order valence-corrected chi connectivity index (χ0v) is 16.8. The van der Waals surface area contributed by atoms with Crippen LogP contribution < -0.4 is 20.1 Å². The summed E-state index contributed by atoms with van der Waals surface area (Å²) in [7, 11) is 3.20. The van der Waals surface area contributed by atoms with Crippen molar-refractivity contribution < 1.29 is 19.1 Å². The Morgan fingerprint density at radius 1 is 1.18 bits per heavy atom. The van der Waals surface area contributed by atoms with Crippen LogP contribution in [0, 0.1) is 5.92 Å². The zero-order chi connectivity index (χ0) is 19.9. The Balaban J connectivity index is 1.55. The van der Waals surface area contributed by atoms with Crippen LogP contribution in [-0.2, 0) is 16.0 Å². The van der Waals surface area contributed by atoms with E-state index >= 15 is 0 Å². The highest BCUT2D eigenvalue weighted by atomic mass is 16.5. The van der Waals surface area contributed by atoms with Gasteiger partial charge in [0.25, 0.3) is 0 Å². The summed E-state index contributed by atoms with van der Waals surface area (Å²) < 4.78 is 10.8. The van der Waals surface area contributed by atoms with Crippen LogP contribution in [0.5, 0.6) is 11.5 Å². The molecule has 2 aliphatic heterocycles. The highest BCUT2D eigenvalue weighted by Crippen LogP contribution is 2.29. The molecule has 0 bridgehead atoms. The van der Waals surface area contributed by atoms with E-state index in [4.69, 9.17) is 9.47 Å². The first kappa shape index (κ1) is 20.5. The molecule has 0 aromatic heterocycles. The van der Waals surface area contributed by atoms with Gasteiger partial charge in [0.2, 0.25) is 11.8 Å². The minimum absolute atomic E-state index is 0.0562. The molecule has 1 aromatic rings. The van der Waals surface area contributed by atoms with Crippen LogP contribution in [0.15, 0.2) is 18.2 Å². The summed E-state index contributed by atoms with van der Waals surface area (Å²) in [6.07, 6.45) is 4.19. The Morgan fingerprint density at radius 2 is 1.93 bits per heavy atom. The molecule has 2 N–H and O–H groups in total. The number of methoxy groups -OCH3 is 2. The Morgan fingerprint density at radius 3 is 2.57 bits per heavy atom. The molecule has 7 nitrogen and oxygen atoms in total. The first-order valence-corrected chi connectivity index (χ1v) is 10.1. The van der Waals surface area contributed by atoms with Crippen LogP contribution in [-0.4, -0.2) is 63.2 Å². The third-order valence-corrected chi connectivity index (χ3v) is 5.67. The van der Waals surface area contributed by atoms with Crippen molar-refractivity contribution in [2.45, 2.75) is 38.1 Å². The zero-order valence-electron chi connectivity index (χ0n) is 16.8. The molecule has 1 aromatic carbocycles. The van der Waals surface area contributed by atoms with Crippen LogP contribution in [0.2, 0.25) is 0 Å². The van der Waals surface area contributed by atoms with Crippen molar-refractivity contribution in [3.05, 3.63) is 23.8 Å². The van der Waals surface area contributed by atoms with Gasteiger partial charge in [0.05, 0.1) is 26.7 Å². The summed E-state index contributed by atoms with van der Waals surface area (Å²) in [5.74, 6) is 1.77. The molecule has 3 rings (SSSR count). The third kappa shape index (κ3) is 4.95. The molecule has 2 unspecified atom stereocenters. The number of hydrogen-bond donors (Lipinski definition) is 2. The van der Waals surface area contributed by atoms with E-state index < -0.39 is 0 Å². The minimum atomic E-state index is -0.0562. The molecule has 28 heavy (non-hydrogen) atoms. The maximum absolute atomic E-state index is 12.9. The molecule has 0 saturated carbocycles. The Hall–Kier alpha value is -2.28. The van der Waals surface area contributed by atoms with Gasteiger partial charge in [-0.3, -0.25) is 9.59 Å². The molecule has 2 aliphatic rings. The fourth-order valence-electron chi connectivity index (χ4n) is 4.10. The topological polar surface area (TPSA) is 79.9 Å². The number of rotatable bonds is 7. The van der Waals surface area contributed by atoms with Gasteiger partial charge < -0.3 is 25.0 Å². The number of likely N-dealkylation sites (tertiary alicyclic amines) is 1. The molecule has 0 spiro atoms. The Labute approximate surface area is 166 Å². The van der Waals surface area contributed by atoms with Crippen LogP contribution in [0.4, 0.5) is 0 Å². The number of hydrogen-bond acceptors (Lipinski definition) is 5. The first-order chi connectivity index (χ1) is 13.6. The lowest BCUT2D eigenvalue weighted by atomic mass is 9.97. The van der Waals surface area contributed by atoms with E-state index in [2.05, 4.69) is 10.6 Å². The van der Waals surface area contributed by atoms with E-state index in [1.807, 2.05) is 23.1 Å². The van der Waals surface area contributed by atoms with Gasteiger partial charge in [-0.25, -0.2) is 0 Å². The number of nitrogens with zero attached hydrogens (tertiary/aromatic N) is 1. The van der Waals surface area contributed by atoms with Crippen molar-refractivity contribution in [2.75, 3.05) is 40.4 Å². The number of ether oxygens (including phenoxy) is 2. The van der Waals surface area contributed by atoms with Gasteiger partial charge in [0.15, 0.2) is 0 Å². The molecule has 0 aliphatic carbocycles. The molecular weight excluding hydrogens is 358 g/mol. The van der Waals surface area contributed by atoms with Gasteiger partial charge in [-0.05, 0) is 50.3 Å². The quantitative estimate of drug-likeness (QED) is 0.736. The van der Waals surface area contributed by atoms with Crippen molar-refractivity contribution in [2.24, 2.45) is 5.92 Å². The number of carbonyl (C=O) groups excluding carboxylic acids is 2. The second kappa shape index (κ2) is 9.78. The Bertz CT molecular complexity index is 666. The monoisotopic (exact) mass is 389 g/mol. The standard InChI is InChI=1S/C21H31N3O4/c1-27-18-8-3-9-19(28-2)16(18)12-20(25)24-11-5-6-15(14-24)13-23-21(26)17-7-4-10-22-17/h3,8-9,15,17,22H,4-7,10-14H2,1-2H3,(H,23,26).